The van der Waals surface area contributed by atoms with Crippen LogP contribution in [0.25, 0.3) is 0 Å². The number of carbonyl (C=O) groups is 2. The lowest BCUT2D eigenvalue weighted by Crippen LogP contribution is -2.29. The van der Waals surface area contributed by atoms with Crippen LogP contribution < -0.4 is 5.32 Å². The van der Waals surface area contributed by atoms with Crippen molar-refractivity contribution < 1.29 is 14.3 Å². The molecule has 1 N–H and O–H groups in total. The van der Waals surface area contributed by atoms with Gasteiger partial charge in [0.2, 0.25) is 5.91 Å². The molecular formula is C12H20N4O3. The molecule has 19 heavy (non-hydrogen) atoms. The second kappa shape index (κ2) is 6.86. The molecule has 0 saturated heterocycles. The van der Waals surface area contributed by atoms with Gasteiger partial charge in [0.05, 0.1) is 12.8 Å². The lowest BCUT2D eigenvalue weighted by atomic mass is 10.1. The first-order valence-corrected chi connectivity index (χ1v) is 6.29. The molecule has 0 aliphatic heterocycles. The molecule has 0 atom stereocenters. The molecule has 1 aromatic heterocycles. The Kier molecular flexibility index (Phi) is 5.47. The zero-order chi connectivity index (χ0) is 14.4. The average molecular weight is 268 g/mol. The Hall–Kier alpha value is -1.92. The van der Waals surface area contributed by atoms with Gasteiger partial charge in [0, 0.05) is 6.54 Å². The summed E-state index contributed by atoms with van der Waals surface area (Å²) < 4.78 is 6.10. The molecule has 1 rings (SSSR count). The van der Waals surface area contributed by atoms with Crippen LogP contribution in [0.15, 0.2) is 0 Å². The normalized spacial score (nSPS) is 10.6. The second-order valence-electron chi connectivity index (χ2n) is 4.48. The molecule has 0 radical (unpaired) electrons. The molecule has 0 saturated carbocycles. The molecule has 0 spiro atoms. The van der Waals surface area contributed by atoms with Crippen LogP contribution in [0, 0.1) is 0 Å². The van der Waals surface area contributed by atoms with Crippen molar-refractivity contribution in [2.24, 2.45) is 0 Å². The van der Waals surface area contributed by atoms with Crippen LogP contribution in [0.2, 0.25) is 0 Å². The van der Waals surface area contributed by atoms with Crippen LogP contribution in [-0.4, -0.2) is 40.5 Å². The Labute approximate surface area is 112 Å². The lowest BCUT2D eigenvalue weighted by molar-refractivity contribution is -0.121. The van der Waals surface area contributed by atoms with Gasteiger partial charge in [-0.1, -0.05) is 26.0 Å². The summed E-state index contributed by atoms with van der Waals surface area (Å²) >= 11 is 0. The maximum atomic E-state index is 11.7. The number of hydrogen-bond acceptors (Lipinski definition) is 5. The molecule has 0 aliphatic carbocycles. The van der Waals surface area contributed by atoms with Gasteiger partial charge in [-0.2, -0.15) is 0 Å². The summed E-state index contributed by atoms with van der Waals surface area (Å²) in [5, 5.41) is 10.4. The van der Waals surface area contributed by atoms with Crippen LogP contribution in [0.3, 0.4) is 0 Å². The predicted molar refractivity (Wildman–Crippen MR) is 68.8 cm³/mol. The lowest BCUT2D eigenvalue weighted by Gasteiger charge is -2.10. The topological polar surface area (TPSA) is 86.1 Å². The van der Waals surface area contributed by atoms with E-state index in [1.807, 2.05) is 20.8 Å². The van der Waals surface area contributed by atoms with E-state index in [0.717, 1.165) is 6.42 Å². The van der Waals surface area contributed by atoms with Crippen molar-refractivity contribution >= 4 is 11.9 Å². The van der Waals surface area contributed by atoms with E-state index in [1.165, 1.54) is 11.8 Å². The van der Waals surface area contributed by atoms with Crippen molar-refractivity contribution in [3.05, 3.63) is 11.4 Å². The molecule has 0 bridgehead atoms. The molecule has 7 nitrogen and oxygen atoms in total. The fraction of sp³-hybridized carbons (Fsp3) is 0.667. The van der Waals surface area contributed by atoms with Crippen molar-refractivity contribution in [2.45, 2.75) is 39.7 Å². The Morgan fingerprint density at radius 3 is 2.63 bits per heavy atom. The highest BCUT2D eigenvalue weighted by molar-refractivity contribution is 5.88. The first-order valence-electron chi connectivity index (χ1n) is 6.29. The highest BCUT2D eigenvalue weighted by Crippen LogP contribution is 2.18. The number of amides is 1. The molecule has 0 aromatic carbocycles. The fourth-order valence-corrected chi connectivity index (χ4v) is 1.71. The largest absolute Gasteiger partial charge is 0.464 e. The quantitative estimate of drug-likeness (QED) is 0.768. The van der Waals surface area contributed by atoms with Crippen LogP contribution in [0.4, 0.5) is 0 Å². The van der Waals surface area contributed by atoms with E-state index >= 15 is 0 Å². The fourth-order valence-electron chi connectivity index (χ4n) is 1.71. The summed E-state index contributed by atoms with van der Waals surface area (Å²) in [5.41, 5.74) is 0.777. The van der Waals surface area contributed by atoms with Gasteiger partial charge in [0.15, 0.2) is 5.69 Å². The summed E-state index contributed by atoms with van der Waals surface area (Å²) in [6, 6.07) is 0. The summed E-state index contributed by atoms with van der Waals surface area (Å²) in [4.78, 5) is 23.3. The maximum Gasteiger partial charge on any atom is 0.360 e. The maximum absolute atomic E-state index is 11.7. The number of esters is 1. The highest BCUT2D eigenvalue weighted by Gasteiger charge is 2.23. The van der Waals surface area contributed by atoms with Crippen molar-refractivity contribution in [1.29, 1.82) is 0 Å². The molecule has 0 aliphatic rings. The number of nitrogens with one attached hydrogen (secondary N) is 1. The second-order valence-corrected chi connectivity index (χ2v) is 4.48. The Bertz CT molecular complexity index is 454. The molecular weight excluding hydrogens is 248 g/mol. The third kappa shape index (κ3) is 3.77. The standard InChI is InChI=1S/C12H20N4O3/c1-5-6-13-9(17)7-16-11(8(2)3)10(14-15-16)12(18)19-4/h8H,5-7H2,1-4H3,(H,13,17). The molecule has 1 amide bonds. The van der Waals surface area contributed by atoms with E-state index in [1.54, 1.807) is 0 Å². The predicted octanol–water partition coefficient (Wildman–Crippen LogP) is 0.714. The summed E-state index contributed by atoms with van der Waals surface area (Å²) in [7, 11) is 1.29. The summed E-state index contributed by atoms with van der Waals surface area (Å²) in [6.45, 7) is 6.47. The summed E-state index contributed by atoms with van der Waals surface area (Å²) in [5.74, 6) is -0.669. The number of ether oxygens (including phenoxy) is 1. The minimum atomic E-state index is -0.538. The monoisotopic (exact) mass is 268 g/mol. The Balaban J connectivity index is 2.92. The first-order chi connectivity index (χ1) is 9.01. The van der Waals surface area contributed by atoms with E-state index < -0.39 is 5.97 Å². The molecule has 0 fully saturated rings. The van der Waals surface area contributed by atoms with Crippen molar-refractivity contribution in [3.8, 4) is 0 Å². The first kappa shape index (κ1) is 15.1. The number of hydrogen-bond donors (Lipinski definition) is 1. The van der Waals surface area contributed by atoms with Crippen molar-refractivity contribution in [2.75, 3.05) is 13.7 Å². The molecule has 7 heteroatoms. The highest BCUT2D eigenvalue weighted by atomic mass is 16.5. The molecule has 106 valence electrons. The van der Waals surface area contributed by atoms with E-state index in [2.05, 4.69) is 20.4 Å². The minimum absolute atomic E-state index is 0.0167. The van der Waals surface area contributed by atoms with Gasteiger partial charge in [-0.3, -0.25) is 4.79 Å². The van der Waals surface area contributed by atoms with Gasteiger partial charge in [-0.15, -0.1) is 5.10 Å². The van der Waals surface area contributed by atoms with E-state index in [4.69, 9.17) is 0 Å². The SMILES string of the molecule is CCCNC(=O)Cn1nnc(C(=O)OC)c1C(C)C. The number of nitrogens with zero attached hydrogens (tertiary/aromatic N) is 3. The number of methoxy groups -OCH3 is 1. The summed E-state index contributed by atoms with van der Waals surface area (Å²) in [6.07, 6.45) is 0.869. The van der Waals surface area contributed by atoms with Crippen LogP contribution >= 0.6 is 0 Å². The third-order valence-electron chi connectivity index (χ3n) is 2.56. The number of rotatable bonds is 6. The Morgan fingerprint density at radius 2 is 2.11 bits per heavy atom. The van der Waals surface area contributed by atoms with Crippen LogP contribution in [0.5, 0.6) is 0 Å². The van der Waals surface area contributed by atoms with Crippen molar-refractivity contribution in [3.63, 3.8) is 0 Å². The van der Waals surface area contributed by atoms with Gasteiger partial charge in [0.1, 0.15) is 6.54 Å². The third-order valence-corrected chi connectivity index (χ3v) is 2.56. The van der Waals surface area contributed by atoms with Gasteiger partial charge in [0.25, 0.3) is 0 Å². The molecule has 1 aromatic rings. The van der Waals surface area contributed by atoms with Gasteiger partial charge >= 0.3 is 5.97 Å². The smallest absolute Gasteiger partial charge is 0.360 e. The molecule has 0 unspecified atom stereocenters. The van der Waals surface area contributed by atoms with Crippen LogP contribution in [0.1, 0.15) is 49.3 Å². The van der Waals surface area contributed by atoms with E-state index in [9.17, 15) is 9.59 Å². The van der Waals surface area contributed by atoms with E-state index in [0.29, 0.717) is 12.2 Å². The van der Waals surface area contributed by atoms with E-state index in [-0.39, 0.29) is 24.1 Å². The zero-order valence-electron chi connectivity index (χ0n) is 11.8. The van der Waals surface area contributed by atoms with Gasteiger partial charge < -0.3 is 10.1 Å². The number of carbonyl (C=O) groups excluding carboxylic acids is 2. The average Bonchev–Trinajstić information content (AvgIpc) is 2.79. The van der Waals surface area contributed by atoms with Crippen LogP contribution in [-0.2, 0) is 16.1 Å². The number of aromatic nitrogens is 3. The Morgan fingerprint density at radius 1 is 1.42 bits per heavy atom. The zero-order valence-corrected chi connectivity index (χ0v) is 11.8. The minimum Gasteiger partial charge on any atom is -0.464 e. The van der Waals surface area contributed by atoms with Gasteiger partial charge in [-0.25, -0.2) is 9.48 Å². The van der Waals surface area contributed by atoms with Crippen molar-refractivity contribution in [1.82, 2.24) is 20.3 Å². The molecule has 1 heterocycles. The van der Waals surface area contributed by atoms with Gasteiger partial charge in [-0.05, 0) is 12.3 Å².